The molecule has 4 heterocycles. The number of nitrogens with zero attached hydrogens (tertiary/aromatic N) is 4. The summed E-state index contributed by atoms with van der Waals surface area (Å²) in [6.07, 6.45) is 10.0. The van der Waals surface area contributed by atoms with Crippen LogP contribution in [0.4, 0.5) is 5.95 Å². The van der Waals surface area contributed by atoms with Crippen molar-refractivity contribution in [2.24, 2.45) is 5.73 Å². The molecule has 7 heteroatoms. The summed E-state index contributed by atoms with van der Waals surface area (Å²) < 4.78 is 1.14. The molecular formula is C25H31N5OS. The Bertz CT molecular complexity index is 1090. The lowest BCUT2D eigenvalue weighted by Crippen LogP contribution is -2.36. The van der Waals surface area contributed by atoms with Crippen LogP contribution in [0.3, 0.4) is 0 Å². The molecule has 2 saturated heterocycles. The molecule has 32 heavy (non-hydrogen) atoms. The van der Waals surface area contributed by atoms with Crippen molar-refractivity contribution in [2.45, 2.75) is 57.5 Å². The summed E-state index contributed by atoms with van der Waals surface area (Å²) in [7, 11) is 0. The van der Waals surface area contributed by atoms with Crippen molar-refractivity contribution in [3.63, 3.8) is 0 Å². The smallest absolute Gasteiger partial charge is 0.259 e. The summed E-state index contributed by atoms with van der Waals surface area (Å²) >= 11 is 1.53. The molecule has 2 aliphatic rings. The summed E-state index contributed by atoms with van der Waals surface area (Å²) in [5.74, 6) is 0.554. The van der Waals surface area contributed by atoms with E-state index in [2.05, 4.69) is 39.0 Å². The second kappa shape index (κ2) is 9.55. The Hall–Kier alpha value is -2.51. The third-order valence-corrected chi connectivity index (χ3v) is 8.04. The zero-order chi connectivity index (χ0) is 21.9. The number of primary amides is 1. The molecule has 0 spiro atoms. The van der Waals surface area contributed by atoms with Gasteiger partial charge in [0.15, 0.2) is 0 Å². The average molecular weight is 450 g/mol. The number of carbonyl (C=O) groups is 1. The lowest BCUT2D eigenvalue weighted by Gasteiger charge is -2.30. The van der Waals surface area contributed by atoms with Crippen molar-refractivity contribution < 1.29 is 4.79 Å². The molecule has 1 atom stereocenters. The number of fused-ring (bicyclic) bond motifs is 1. The van der Waals surface area contributed by atoms with E-state index in [9.17, 15) is 4.79 Å². The van der Waals surface area contributed by atoms with Crippen LogP contribution in [0, 0.1) is 0 Å². The third-order valence-electron chi connectivity index (χ3n) is 6.82. The number of nitrogens with two attached hydrogens (primary N) is 1. The number of carbonyl (C=O) groups excluding carboxylic acids is 1. The van der Waals surface area contributed by atoms with Crippen molar-refractivity contribution in [3.8, 4) is 0 Å². The number of anilines is 1. The van der Waals surface area contributed by atoms with Gasteiger partial charge in [0.1, 0.15) is 0 Å². The van der Waals surface area contributed by atoms with E-state index in [1.165, 1.54) is 48.8 Å². The molecule has 2 aromatic heterocycles. The molecule has 0 aliphatic carbocycles. The van der Waals surface area contributed by atoms with Crippen molar-refractivity contribution >= 4 is 33.3 Å². The van der Waals surface area contributed by atoms with E-state index < -0.39 is 0 Å². The van der Waals surface area contributed by atoms with Crippen molar-refractivity contribution in [3.05, 3.63) is 52.7 Å². The van der Waals surface area contributed by atoms with Crippen LogP contribution in [-0.2, 0) is 13.0 Å². The van der Waals surface area contributed by atoms with Crippen LogP contribution in [0.2, 0.25) is 0 Å². The normalized spacial score (nSPS) is 20.0. The number of likely N-dealkylation sites (tertiary alicyclic amines) is 1. The fraction of sp³-hybridized carbons (Fsp3) is 0.480. The van der Waals surface area contributed by atoms with Gasteiger partial charge in [-0.05, 0) is 61.7 Å². The molecule has 2 N–H and O–H groups in total. The van der Waals surface area contributed by atoms with Gasteiger partial charge in [-0.1, -0.05) is 31.0 Å². The lowest BCUT2D eigenvalue weighted by atomic mass is 9.98. The molecule has 0 unspecified atom stereocenters. The number of benzene rings is 1. The van der Waals surface area contributed by atoms with Gasteiger partial charge < -0.3 is 10.6 Å². The number of rotatable bonds is 6. The third kappa shape index (κ3) is 4.50. The summed E-state index contributed by atoms with van der Waals surface area (Å²) in [4.78, 5) is 27.2. The Morgan fingerprint density at radius 2 is 1.88 bits per heavy atom. The molecule has 2 fully saturated rings. The summed E-state index contributed by atoms with van der Waals surface area (Å²) in [6.45, 7) is 3.98. The van der Waals surface area contributed by atoms with Gasteiger partial charge in [-0.15, -0.1) is 11.3 Å². The van der Waals surface area contributed by atoms with Gasteiger partial charge in [0, 0.05) is 36.6 Å². The molecule has 168 valence electrons. The molecular weight excluding hydrogens is 418 g/mol. The standard InChI is InChI=1S/C25H31N5OS/c26-24(31)23-21(20-9-3-4-10-22(20)32-23)16-19-8-2-1-5-15-30(19)17-18-11-12-27-25(28-18)29-13-6-7-14-29/h3-4,9-12,19H,1-2,5-8,13-17H2,(H2,26,31)/t19-/m1/s1. The van der Waals surface area contributed by atoms with E-state index in [0.717, 1.165) is 60.9 Å². The van der Waals surface area contributed by atoms with Gasteiger partial charge in [-0.3, -0.25) is 9.69 Å². The first-order chi connectivity index (χ1) is 15.7. The zero-order valence-corrected chi connectivity index (χ0v) is 19.3. The molecule has 1 amide bonds. The van der Waals surface area contributed by atoms with Crippen LogP contribution in [0.1, 0.15) is 59.5 Å². The van der Waals surface area contributed by atoms with Crippen LogP contribution in [-0.4, -0.2) is 46.5 Å². The van der Waals surface area contributed by atoms with Crippen molar-refractivity contribution in [2.75, 3.05) is 24.5 Å². The van der Waals surface area contributed by atoms with E-state index in [4.69, 9.17) is 10.7 Å². The number of hydrogen-bond acceptors (Lipinski definition) is 6. The summed E-state index contributed by atoms with van der Waals surface area (Å²) in [5.41, 5.74) is 7.99. The number of aromatic nitrogens is 2. The molecule has 3 aromatic rings. The van der Waals surface area contributed by atoms with Gasteiger partial charge in [0.2, 0.25) is 5.95 Å². The van der Waals surface area contributed by atoms with Crippen LogP contribution >= 0.6 is 11.3 Å². The zero-order valence-electron chi connectivity index (χ0n) is 18.5. The largest absolute Gasteiger partial charge is 0.365 e. The maximum atomic E-state index is 12.2. The van der Waals surface area contributed by atoms with Gasteiger partial charge in [0.05, 0.1) is 10.6 Å². The van der Waals surface area contributed by atoms with E-state index in [1.807, 2.05) is 12.3 Å². The average Bonchev–Trinajstić information content (AvgIpc) is 3.41. The Morgan fingerprint density at radius 3 is 2.72 bits per heavy atom. The first-order valence-corrected chi connectivity index (χ1v) is 12.6. The first-order valence-electron chi connectivity index (χ1n) is 11.8. The maximum Gasteiger partial charge on any atom is 0.259 e. The highest BCUT2D eigenvalue weighted by molar-refractivity contribution is 7.21. The number of thiophene rings is 1. The van der Waals surface area contributed by atoms with Crippen LogP contribution in [0.25, 0.3) is 10.1 Å². The second-order valence-electron chi connectivity index (χ2n) is 8.99. The fourth-order valence-electron chi connectivity index (χ4n) is 5.16. The minimum Gasteiger partial charge on any atom is -0.365 e. The Morgan fingerprint density at radius 1 is 1.06 bits per heavy atom. The van der Waals surface area contributed by atoms with Crippen LogP contribution in [0.5, 0.6) is 0 Å². The first kappa shape index (κ1) is 21.3. The van der Waals surface area contributed by atoms with Gasteiger partial charge >= 0.3 is 0 Å². The predicted molar refractivity (Wildman–Crippen MR) is 130 cm³/mol. The van der Waals surface area contributed by atoms with Crippen molar-refractivity contribution in [1.82, 2.24) is 14.9 Å². The number of hydrogen-bond donors (Lipinski definition) is 1. The molecule has 0 bridgehead atoms. The second-order valence-corrected chi connectivity index (χ2v) is 10.0. The monoisotopic (exact) mass is 449 g/mol. The quantitative estimate of drug-likeness (QED) is 0.604. The molecule has 1 aromatic carbocycles. The minimum absolute atomic E-state index is 0.313. The molecule has 0 radical (unpaired) electrons. The van der Waals surface area contributed by atoms with E-state index in [0.29, 0.717) is 10.9 Å². The van der Waals surface area contributed by atoms with Crippen LogP contribution < -0.4 is 10.6 Å². The SMILES string of the molecule is NC(=O)c1sc2ccccc2c1C[C@H]1CCCCCN1Cc1ccnc(N2CCCC2)n1. The molecule has 5 rings (SSSR count). The topological polar surface area (TPSA) is 75.4 Å². The number of amides is 1. The Kier molecular flexibility index (Phi) is 6.37. The maximum absolute atomic E-state index is 12.2. The summed E-state index contributed by atoms with van der Waals surface area (Å²) in [6, 6.07) is 10.7. The van der Waals surface area contributed by atoms with E-state index >= 15 is 0 Å². The van der Waals surface area contributed by atoms with Gasteiger partial charge in [-0.2, -0.15) is 0 Å². The fourth-order valence-corrected chi connectivity index (χ4v) is 6.25. The highest BCUT2D eigenvalue weighted by Crippen LogP contribution is 2.34. The highest BCUT2D eigenvalue weighted by atomic mass is 32.1. The highest BCUT2D eigenvalue weighted by Gasteiger charge is 2.26. The van der Waals surface area contributed by atoms with E-state index in [-0.39, 0.29) is 5.91 Å². The van der Waals surface area contributed by atoms with Gasteiger partial charge in [-0.25, -0.2) is 9.97 Å². The lowest BCUT2D eigenvalue weighted by molar-refractivity contribution is 0.100. The Labute approximate surface area is 193 Å². The van der Waals surface area contributed by atoms with E-state index in [1.54, 1.807) is 0 Å². The summed E-state index contributed by atoms with van der Waals surface area (Å²) in [5, 5.41) is 1.17. The minimum atomic E-state index is -0.313. The van der Waals surface area contributed by atoms with Gasteiger partial charge in [0.25, 0.3) is 5.91 Å². The molecule has 0 saturated carbocycles. The molecule has 6 nitrogen and oxygen atoms in total. The Balaban J connectivity index is 1.41. The van der Waals surface area contributed by atoms with Crippen molar-refractivity contribution in [1.29, 1.82) is 0 Å². The predicted octanol–water partition coefficient (Wildman–Crippen LogP) is 4.38. The molecule has 2 aliphatic heterocycles. The van der Waals surface area contributed by atoms with Crippen LogP contribution in [0.15, 0.2) is 36.5 Å².